The Bertz CT molecular complexity index is 805. The maximum absolute atomic E-state index is 12.6. The largest absolute Gasteiger partial charge is 0.508 e. The molecule has 0 fully saturated rings. The van der Waals surface area contributed by atoms with Crippen LogP contribution in [0.1, 0.15) is 6.92 Å². The summed E-state index contributed by atoms with van der Waals surface area (Å²) >= 11 is 1.51. The van der Waals surface area contributed by atoms with Crippen molar-refractivity contribution in [2.24, 2.45) is 0 Å². The highest BCUT2D eigenvalue weighted by atomic mass is 32.2. The van der Waals surface area contributed by atoms with E-state index in [4.69, 9.17) is 0 Å². The number of benzene rings is 1. The van der Waals surface area contributed by atoms with E-state index < -0.39 is 0 Å². The van der Waals surface area contributed by atoms with Crippen molar-refractivity contribution in [2.75, 3.05) is 5.75 Å². The molecule has 2 aromatic heterocycles. The number of rotatable bonds is 3. The molecule has 0 saturated heterocycles. The smallest absolute Gasteiger partial charge is 0.283 e. The number of hydrogen-bond acceptors (Lipinski definition) is 4. The molecule has 0 atom stereocenters. The molecule has 0 aliphatic heterocycles. The van der Waals surface area contributed by atoms with Crippen LogP contribution in [0.3, 0.4) is 0 Å². The average molecular weight is 287 g/mol. The van der Waals surface area contributed by atoms with E-state index in [2.05, 4.69) is 9.97 Å². The first kappa shape index (κ1) is 12.8. The van der Waals surface area contributed by atoms with Gasteiger partial charge in [0.15, 0.2) is 5.16 Å². The van der Waals surface area contributed by atoms with Gasteiger partial charge in [-0.05, 0) is 36.1 Å². The van der Waals surface area contributed by atoms with E-state index in [1.54, 1.807) is 41.1 Å². The van der Waals surface area contributed by atoms with E-state index in [0.29, 0.717) is 21.9 Å². The molecule has 2 heterocycles. The van der Waals surface area contributed by atoms with Gasteiger partial charge in [-0.25, -0.2) is 4.98 Å². The maximum atomic E-state index is 12.6. The van der Waals surface area contributed by atoms with Crippen LogP contribution in [0.4, 0.5) is 0 Å². The predicted molar refractivity (Wildman–Crippen MR) is 79.8 cm³/mol. The number of phenols is 1. The fourth-order valence-electron chi connectivity index (χ4n) is 2.03. The zero-order valence-corrected chi connectivity index (χ0v) is 11.6. The van der Waals surface area contributed by atoms with Gasteiger partial charge >= 0.3 is 0 Å². The molecule has 1 aromatic carbocycles. The van der Waals surface area contributed by atoms with Crippen molar-refractivity contribution in [1.29, 1.82) is 0 Å². The monoisotopic (exact) mass is 287 g/mol. The molecule has 3 rings (SSSR count). The second kappa shape index (κ2) is 5.05. The molecule has 0 aliphatic rings. The first-order valence-electron chi connectivity index (χ1n) is 6.23. The van der Waals surface area contributed by atoms with Gasteiger partial charge in [0.1, 0.15) is 11.3 Å². The van der Waals surface area contributed by atoms with Crippen molar-refractivity contribution in [1.82, 2.24) is 14.5 Å². The Labute approximate surface area is 119 Å². The maximum Gasteiger partial charge on any atom is 0.283 e. The first-order chi connectivity index (χ1) is 9.70. The van der Waals surface area contributed by atoms with Gasteiger partial charge < -0.3 is 10.1 Å². The van der Waals surface area contributed by atoms with Crippen molar-refractivity contribution in [3.05, 3.63) is 46.9 Å². The van der Waals surface area contributed by atoms with Crippen LogP contribution in [0.25, 0.3) is 16.7 Å². The van der Waals surface area contributed by atoms with Gasteiger partial charge in [-0.1, -0.05) is 18.7 Å². The minimum Gasteiger partial charge on any atom is -0.508 e. The lowest BCUT2D eigenvalue weighted by Crippen LogP contribution is -2.21. The fraction of sp³-hybridized carbons (Fsp3) is 0.143. The lowest BCUT2D eigenvalue weighted by Gasteiger charge is -2.11. The summed E-state index contributed by atoms with van der Waals surface area (Å²) < 4.78 is 1.56. The fourth-order valence-corrected chi connectivity index (χ4v) is 2.77. The third kappa shape index (κ3) is 2.08. The lowest BCUT2D eigenvalue weighted by atomic mass is 10.3. The minimum atomic E-state index is -0.137. The Morgan fingerprint density at radius 3 is 2.75 bits per heavy atom. The summed E-state index contributed by atoms with van der Waals surface area (Å²) in [4.78, 5) is 20.0. The van der Waals surface area contributed by atoms with Crippen LogP contribution < -0.4 is 5.56 Å². The van der Waals surface area contributed by atoms with Crippen LogP contribution >= 0.6 is 11.8 Å². The summed E-state index contributed by atoms with van der Waals surface area (Å²) in [6, 6.07) is 8.31. The molecule has 20 heavy (non-hydrogen) atoms. The van der Waals surface area contributed by atoms with Crippen LogP contribution in [0.5, 0.6) is 5.75 Å². The van der Waals surface area contributed by atoms with E-state index in [1.165, 1.54) is 11.8 Å². The molecule has 2 N–H and O–H groups in total. The van der Waals surface area contributed by atoms with E-state index in [0.717, 1.165) is 5.75 Å². The molecule has 6 heteroatoms. The summed E-state index contributed by atoms with van der Waals surface area (Å²) in [7, 11) is 0. The van der Waals surface area contributed by atoms with Gasteiger partial charge in [-0.15, -0.1) is 0 Å². The number of nitrogens with zero attached hydrogens (tertiary/aromatic N) is 2. The van der Waals surface area contributed by atoms with Crippen molar-refractivity contribution in [2.45, 2.75) is 12.1 Å². The van der Waals surface area contributed by atoms with Crippen molar-refractivity contribution in [3.63, 3.8) is 0 Å². The number of aromatic hydroxyl groups is 1. The van der Waals surface area contributed by atoms with Crippen LogP contribution in [-0.2, 0) is 0 Å². The van der Waals surface area contributed by atoms with Crippen molar-refractivity contribution >= 4 is 22.8 Å². The molecule has 0 bridgehead atoms. The topological polar surface area (TPSA) is 70.9 Å². The zero-order valence-electron chi connectivity index (χ0n) is 10.8. The Hall–Kier alpha value is -2.21. The van der Waals surface area contributed by atoms with E-state index >= 15 is 0 Å². The van der Waals surface area contributed by atoms with Crippen molar-refractivity contribution < 1.29 is 5.11 Å². The standard InChI is InChI=1S/C14H13N3O2S/c1-2-20-14-16-11-7-8-15-12(11)13(19)17(14)9-3-5-10(18)6-4-9/h3-8,15,18H,2H2,1H3. The zero-order chi connectivity index (χ0) is 14.1. The van der Waals surface area contributed by atoms with Crippen LogP contribution in [0.15, 0.2) is 46.5 Å². The Morgan fingerprint density at radius 1 is 1.30 bits per heavy atom. The van der Waals surface area contributed by atoms with Crippen LogP contribution in [0.2, 0.25) is 0 Å². The van der Waals surface area contributed by atoms with Gasteiger partial charge in [0.05, 0.1) is 11.2 Å². The number of fused-ring (bicyclic) bond motifs is 1. The number of aromatic amines is 1. The Balaban J connectivity index is 2.31. The molecule has 0 aliphatic carbocycles. The number of nitrogens with one attached hydrogen (secondary N) is 1. The molecule has 5 nitrogen and oxygen atoms in total. The third-order valence-corrected chi connectivity index (χ3v) is 3.75. The lowest BCUT2D eigenvalue weighted by molar-refractivity contribution is 0.475. The van der Waals surface area contributed by atoms with E-state index in [1.807, 2.05) is 6.92 Å². The van der Waals surface area contributed by atoms with Gasteiger partial charge in [0.25, 0.3) is 5.56 Å². The van der Waals surface area contributed by atoms with E-state index in [-0.39, 0.29) is 11.3 Å². The summed E-state index contributed by atoms with van der Waals surface area (Å²) in [6.45, 7) is 2.01. The highest BCUT2D eigenvalue weighted by Crippen LogP contribution is 2.21. The van der Waals surface area contributed by atoms with Crippen molar-refractivity contribution in [3.8, 4) is 11.4 Å². The predicted octanol–water partition coefficient (Wildman–Crippen LogP) is 2.53. The first-order valence-corrected chi connectivity index (χ1v) is 7.21. The Kier molecular flexibility index (Phi) is 3.23. The molecular weight excluding hydrogens is 274 g/mol. The molecule has 0 spiro atoms. The van der Waals surface area contributed by atoms with Gasteiger partial charge in [0, 0.05) is 6.20 Å². The number of H-pyrrole nitrogens is 1. The third-order valence-electron chi connectivity index (χ3n) is 2.93. The second-order valence-corrected chi connectivity index (χ2v) is 5.45. The molecule has 0 saturated carbocycles. The normalized spacial score (nSPS) is 11.1. The summed E-state index contributed by atoms with van der Waals surface area (Å²) in [5, 5.41) is 10.0. The quantitative estimate of drug-likeness (QED) is 0.573. The number of hydrogen-bond donors (Lipinski definition) is 2. The summed E-state index contributed by atoms with van der Waals surface area (Å²) in [6.07, 6.45) is 1.71. The number of aromatic nitrogens is 3. The van der Waals surface area contributed by atoms with Crippen LogP contribution in [-0.4, -0.2) is 25.4 Å². The molecule has 0 amide bonds. The molecule has 0 radical (unpaired) electrons. The highest BCUT2D eigenvalue weighted by molar-refractivity contribution is 7.99. The molecule has 0 unspecified atom stereocenters. The van der Waals surface area contributed by atoms with Gasteiger partial charge in [-0.3, -0.25) is 9.36 Å². The summed E-state index contributed by atoms with van der Waals surface area (Å²) in [5.41, 5.74) is 1.70. The minimum absolute atomic E-state index is 0.137. The number of thioether (sulfide) groups is 1. The Morgan fingerprint density at radius 2 is 2.05 bits per heavy atom. The van der Waals surface area contributed by atoms with E-state index in [9.17, 15) is 9.90 Å². The van der Waals surface area contributed by atoms with Crippen LogP contribution in [0, 0.1) is 0 Å². The summed E-state index contributed by atoms with van der Waals surface area (Å²) in [5.74, 6) is 0.987. The molecular formula is C14H13N3O2S. The number of phenolic OH excluding ortho intramolecular Hbond substituents is 1. The van der Waals surface area contributed by atoms with Gasteiger partial charge in [0.2, 0.25) is 0 Å². The molecule has 3 aromatic rings. The molecule has 102 valence electrons. The second-order valence-electron chi connectivity index (χ2n) is 4.22. The van der Waals surface area contributed by atoms with Gasteiger partial charge in [-0.2, -0.15) is 0 Å². The SMILES string of the molecule is CCSc1nc2cc[nH]c2c(=O)n1-c1ccc(O)cc1. The highest BCUT2D eigenvalue weighted by Gasteiger charge is 2.13. The average Bonchev–Trinajstić information content (AvgIpc) is 2.90.